The molecule has 0 radical (unpaired) electrons. The van der Waals surface area contributed by atoms with Gasteiger partial charge in [-0.25, -0.2) is 4.68 Å². The maximum atomic E-state index is 13.1. The smallest absolute Gasteiger partial charge is 0.295 e. The van der Waals surface area contributed by atoms with Crippen molar-refractivity contribution in [2.24, 2.45) is 7.05 Å². The molecule has 0 spiro atoms. The summed E-state index contributed by atoms with van der Waals surface area (Å²) in [6.45, 7) is 6.24. The average Bonchev–Trinajstić information content (AvgIpc) is 3.37. The van der Waals surface area contributed by atoms with Gasteiger partial charge in [-0.3, -0.25) is 14.3 Å². The number of anilines is 1. The number of carbonyl (C=O) groups excluding carboxylic acids is 1. The highest BCUT2D eigenvalue weighted by atomic mass is 32.2. The number of methoxy groups -OCH3 is 1. The normalized spacial score (nSPS) is 11.9. The maximum absolute atomic E-state index is 13.1. The molecule has 0 aliphatic rings. The van der Waals surface area contributed by atoms with Crippen molar-refractivity contribution in [3.05, 3.63) is 70.6 Å². The van der Waals surface area contributed by atoms with Crippen molar-refractivity contribution in [3.8, 4) is 22.8 Å². The Kier molecular flexibility index (Phi) is 7.11. The Labute approximate surface area is 207 Å². The molecule has 4 aromatic rings. The van der Waals surface area contributed by atoms with E-state index in [9.17, 15) is 9.59 Å². The lowest BCUT2D eigenvalue weighted by atomic mass is 10.2. The number of benzene rings is 2. The van der Waals surface area contributed by atoms with Crippen molar-refractivity contribution in [1.82, 2.24) is 24.1 Å². The first-order chi connectivity index (χ1) is 16.8. The van der Waals surface area contributed by atoms with Crippen LogP contribution in [0.1, 0.15) is 19.5 Å². The predicted octanol–water partition coefficient (Wildman–Crippen LogP) is 3.89. The zero-order chi connectivity index (χ0) is 25.1. The van der Waals surface area contributed by atoms with E-state index in [1.54, 1.807) is 25.8 Å². The van der Waals surface area contributed by atoms with Gasteiger partial charge in [-0.2, -0.15) is 0 Å². The summed E-state index contributed by atoms with van der Waals surface area (Å²) >= 11 is 1.30. The number of rotatable bonds is 8. The number of nitrogens with one attached hydrogen (secondary N) is 1. The minimum absolute atomic E-state index is 0.268. The number of amides is 1. The van der Waals surface area contributed by atoms with Gasteiger partial charge in [-0.15, -0.1) is 10.2 Å². The lowest BCUT2D eigenvalue weighted by molar-refractivity contribution is -0.115. The van der Waals surface area contributed by atoms with Crippen LogP contribution in [0.15, 0.2) is 64.5 Å². The Morgan fingerprint density at radius 3 is 2.43 bits per heavy atom. The first kappa shape index (κ1) is 24.3. The highest BCUT2D eigenvalue weighted by Crippen LogP contribution is 2.28. The first-order valence-corrected chi connectivity index (χ1v) is 12.1. The molecular weight excluding hydrogens is 464 g/mol. The van der Waals surface area contributed by atoms with Crippen LogP contribution in [-0.2, 0) is 18.4 Å². The van der Waals surface area contributed by atoms with Crippen molar-refractivity contribution >= 4 is 23.4 Å². The van der Waals surface area contributed by atoms with Crippen molar-refractivity contribution in [2.75, 3.05) is 12.4 Å². The van der Waals surface area contributed by atoms with E-state index < -0.39 is 5.25 Å². The Balaban J connectivity index is 1.54. The Bertz CT molecular complexity index is 1390. The molecule has 0 fully saturated rings. The van der Waals surface area contributed by atoms with E-state index in [0.29, 0.717) is 17.4 Å². The molecule has 182 valence electrons. The van der Waals surface area contributed by atoms with Crippen LogP contribution >= 0.6 is 11.8 Å². The summed E-state index contributed by atoms with van der Waals surface area (Å²) in [5.74, 6) is 1.20. The Morgan fingerprint density at radius 1 is 1.11 bits per heavy atom. The second-order valence-corrected chi connectivity index (χ2v) is 9.27. The first-order valence-electron chi connectivity index (χ1n) is 11.2. The number of thioether (sulfide) groups is 1. The van der Waals surface area contributed by atoms with Crippen LogP contribution in [0.3, 0.4) is 0 Å². The van der Waals surface area contributed by atoms with Gasteiger partial charge in [-0.1, -0.05) is 30.0 Å². The van der Waals surface area contributed by atoms with Gasteiger partial charge in [0.25, 0.3) is 5.56 Å². The van der Waals surface area contributed by atoms with Crippen molar-refractivity contribution in [2.45, 2.75) is 37.7 Å². The molecular formula is C25H28N6O3S. The van der Waals surface area contributed by atoms with Crippen LogP contribution in [0.5, 0.6) is 5.75 Å². The van der Waals surface area contributed by atoms with Gasteiger partial charge in [0.2, 0.25) is 5.91 Å². The summed E-state index contributed by atoms with van der Waals surface area (Å²) in [7, 11) is 3.42. The number of hydrogen-bond acceptors (Lipinski definition) is 6. The number of carbonyl (C=O) groups is 1. The molecule has 1 N–H and O–H groups in total. The minimum Gasteiger partial charge on any atom is -0.497 e. The topological polar surface area (TPSA) is 96.0 Å². The van der Waals surface area contributed by atoms with Crippen LogP contribution < -0.4 is 15.6 Å². The summed E-state index contributed by atoms with van der Waals surface area (Å²) in [6.07, 6.45) is 0. The molecule has 0 unspecified atom stereocenters. The average molecular weight is 493 g/mol. The Hall–Kier alpha value is -3.79. The molecule has 1 amide bonds. The monoisotopic (exact) mass is 492 g/mol. The van der Waals surface area contributed by atoms with Gasteiger partial charge < -0.3 is 14.6 Å². The molecule has 0 saturated carbocycles. The summed E-state index contributed by atoms with van der Waals surface area (Å²) in [4.78, 5) is 26.2. The van der Waals surface area contributed by atoms with E-state index >= 15 is 0 Å². The SMILES string of the molecule is CCn1c(S[C@@H](C)C(=O)Nc2c(C)n(C)n(-c3ccccc3)c2=O)nnc1-c1ccc(OC)cc1. The summed E-state index contributed by atoms with van der Waals surface area (Å²) in [5, 5.41) is 11.6. The molecule has 10 heteroatoms. The van der Waals surface area contributed by atoms with Gasteiger partial charge in [0.15, 0.2) is 11.0 Å². The van der Waals surface area contributed by atoms with Crippen molar-refractivity contribution in [1.29, 1.82) is 0 Å². The van der Waals surface area contributed by atoms with Gasteiger partial charge in [0, 0.05) is 19.2 Å². The van der Waals surface area contributed by atoms with Gasteiger partial charge in [0.05, 0.1) is 23.7 Å². The van der Waals surface area contributed by atoms with E-state index in [2.05, 4.69) is 15.5 Å². The third-order valence-corrected chi connectivity index (χ3v) is 6.92. The fraction of sp³-hybridized carbons (Fsp3) is 0.280. The van der Waals surface area contributed by atoms with E-state index in [1.807, 2.05) is 73.0 Å². The second-order valence-electron chi connectivity index (χ2n) is 7.96. The van der Waals surface area contributed by atoms with Crippen LogP contribution in [0.25, 0.3) is 17.1 Å². The van der Waals surface area contributed by atoms with Crippen LogP contribution in [0, 0.1) is 6.92 Å². The quantitative estimate of drug-likeness (QED) is 0.375. The molecule has 2 aromatic heterocycles. The standard InChI is InChI=1S/C25H28N6O3S/c1-6-30-22(18-12-14-20(34-5)15-13-18)27-28-25(30)35-17(3)23(32)26-21-16(2)29(4)31(24(21)33)19-10-8-7-9-11-19/h7-15,17H,6H2,1-5H3,(H,26,32)/t17-/m0/s1. The van der Waals surface area contributed by atoms with E-state index in [0.717, 1.165) is 22.8 Å². The molecule has 0 aliphatic carbocycles. The largest absolute Gasteiger partial charge is 0.497 e. The number of hydrogen-bond donors (Lipinski definition) is 1. The summed E-state index contributed by atoms with van der Waals surface area (Å²) < 4.78 is 10.5. The molecule has 2 heterocycles. The zero-order valence-electron chi connectivity index (χ0n) is 20.3. The number of para-hydroxylation sites is 1. The molecule has 35 heavy (non-hydrogen) atoms. The molecule has 2 aromatic carbocycles. The van der Waals surface area contributed by atoms with Crippen LogP contribution in [0.4, 0.5) is 5.69 Å². The highest BCUT2D eigenvalue weighted by Gasteiger charge is 2.24. The van der Waals surface area contributed by atoms with Gasteiger partial charge in [-0.05, 0) is 57.2 Å². The van der Waals surface area contributed by atoms with Crippen molar-refractivity contribution < 1.29 is 9.53 Å². The summed E-state index contributed by atoms with van der Waals surface area (Å²) in [6, 6.07) is 16.9. The maximum Gasteiger partial charge on any atom is 0.295 e. The molecule has 4 rings (SSSR count). The molecule has 0 aliphatic heterocycles. The van der Waals surface area contributed by atoms with Gasteiger partial charge >= 0.3 is 0 Å². The highest BCUT2D eigenvalue weighted by molar-refractivity contribution is 8.00. The number of aromatic nitrogens is 5. The number of nitrogens with zero attached hydrogens (tertiary/aromatic N) is 5. The fourth-order valence-electron chi connectivity index (χ4n) is 3.76. The van der Waals surface area contributed by atoms with Gasteiger partial charge in [0.1, 0.15) is 11.4 Å². The minimum atomic E-state index is -0.502. The summed E-state index contributed by atoms with van der Waals surface area (Å²) in [5.41, 5.74) is 2.30. The van der Waals surface area contributed by atoms with E-state index in [-0.39, 0.29) is 17.2 Å². The predicted molar refractivity (Wildman–Crippen MR) is 137 cm³/mol. The fourth-order valence-corrected chi connectivity index (χ4v) is 4.68. The number of ether oxygens (including phenoxy) is 1. The molecule has 1 atom stereocenters. The van der Waals surface area contributed by atoms with Crippen LogP contribution in [0.2, 0.25) is 0 Å². The third-order valence-electron chi connectivity index (χ3n) is 5.84. The molecule has 0 saturated heterocycles. The molecule has 0 bridgehead atoms. The third kappa shape index (κ3) is 4.74. The van der Waals surface area contributed by atoms with E-state index in [4.69, 9.17) is 4.74 Å². The Morgan fingerprint density at radius 2 is 1.80 bits per heavy atom. The van der Waals surface area contributed by atoms with E-state index in [1.165, 1.54) is 16.4 Å². The molecule has 9 nitrogen and oxygen atoms in total. The second kappa shape index (κ2) is 10.2. The zero-order valence-corrected chi connectivity index (χ0v) is 21.2. The lowest BCUT2D eigenvalue weighted by Crippen LogP contribution is -2.27. The van der Waals surface area contributed by atoms with Crippen molar-refractivity contribution in [3.63, 3.8) is 0 Å². The van der Waals surface area contributed by atoms with Crippen LogP contribution in [-0.4, -0.2) is 42.4 Å². The lowest BCUT2D eigenvalue weighted by Gasteiger charge is -2.12.